The van der Waals surface area contributed by atoms with Crippen LogP contribution in [0.25, 0.3) is 17.2 Å². The van der Waals surface area contributed by atoms with E-state index in [4.69, 9.17) is 23.8 Å². The number of amidine groups is 1. The van der Waals surface area contributed by atoms with Gasteiger partial charge < -0.3 is 39.7 Å². The maximum atomic E-state index is 13.9. The molecule has 0 saturated heterocycles. The van der Waals surface area contributed by atoms with Crippen LogP contribution in [0, 0.1) is 5.92 Å². The zero-order valence-corrected chi connectivity index (χ0v) is 28.8. The number of esters is 1. The predicted molar refractivity (Wildman–Crippen MR) is 186 cm³/mol. The minimum Gasteiger partial charge on any atom is -0.496 e. The van der Waals surface area contributed by atoms with Crippen LogP contribution in [0.2, 0.25) is 0 Å². The molecule has 15 nitrogen and oxygen atoms in total. The molecular formula is C36H39N5O10. The van der Waals surface area contributed by atoms with Gasteiger partial charge in [-0.3, -0.25) is 14.4 Å². The quantitative estimate of drug-likeness (QED) is 0.0487. The number of rotatable bonds is 15. The number of anilines is 1. The number of benzene rings is 2. The van der Waals surface area contributed by atoms with Gasteiger partial charge >= 0.3 is 12.1 Å². The Bertz CT molecular complexity index is 1820. The first-order valence-electron chi connectivity index (χ1n) is 15.9. The van der Waals surface area contributed by atoms with Gasteiger partial charge in [-0.05, 0) is 81.1 Å². The SMILES string of the molecule is C=Cc1cc(C(=O)Nc2ccc(/C(=N/OC)NC=O)cc2)c(-c2ccc(C(=O)NCC3CC3)nc2C(=O)OC(C)OC(=O)OC(C)C)cc1OC. The Morgan fingerprint density at radius 3 is 2.29 bits per heavy atom. The van der Waals surface area contributed by atoms with E-state index < -0.39 is 36.3 Å². The number of methoxy groups -OCH3 is 1. The number of hydrogen-bond acceptors (Lipinski definition) is 12. The highest BCUT2D eigenvalue weighted by atomic mass is 16.8. The fourth-order valence-electron chi connectivity index (χ4n) is 4.76. The highest BCUT2D eigenvalue weighted by Crippen LogP contribution is 2.35. The Morgan fingerprint density at radius 1 is 0.961 bits per heavy atom. The molecule has 3 amide bonds. The number of hydrogen-bond donors (Lipinski definition) is 3. The molecule has 2 aromatic carbocycles. The lowest BCUT2D eigenvalue weighted by molar-refractivity contribution is -0.108. The summed E-state index contributed by atoms with van der Waals surface area (Å²) >= 11 is 0. The Labute approximate surface area is 294 Å². The van der Waals surface area contributed by atoms with Crippen LogP contribution in [0.3, 0.4) is 0 Å². The number of pyridine rings is 1. The van der Waals surface area contributed by atoms with Crippen molar-refractivity contribution in [1.82, 2.24) is 15.6 Å². The minimum absolute atomic E-state index is 0.0691. The standard InChI is InChI=1S/C36H39N5O10/c1-7-23-16-28(33(43)39-25-12-10-24(11-13-25)32(38-19-42)41-48-6)27(17-30(23)47-5)26-14-15-29(34(44)37-18-22-8-9-22)40-31(26)35(45)50-21(4)51-36(46)49-20(2)3/h7,10-17,19-22H,1,8-9,18H2,2-6H3,(H,37,44)(H,39,43)(H,38,41,42). The number of aromatic nitrogens is 1. The molecule has 4 rings (SSSR count). The summed E-state index contributed by atoms with van der Waals surface area (Å²) in [6.07, 6.45) is 1.06. The Hall–Kier alpha value is -6.25. The van der Waals surface area contributed by atoms with E-state index in [1.165, 1.54) is 51.5 Å². The molecule has 1 saturated carbocycles. The van der Waals surface area contributed by atoms with Gasteiger partial charge in [-0.1, -0.05) is 17.8 Å². The van der Waals surface area contributed by atoms with Crippen molar-refractivity contribution in [3.63, 3.8) is 0 Å². The Balaban J connectivity index is 1.75. The first kappa shape index (κ1) is 37.6. The third-order valence-electron chi connectivity index (χ3n) is 7.36. The maximum absolute atomic E-state index is 13.9. The molecule has 0 aliphatic heterocycles. The van der Waals surface area contributed by atoms with Crippen LogP contribution in [0.1, 0.15) is 76.1 Å². The first-order valence-corrected chi connectivity index (χ1v) is 15.9. The van der Waals surface area contributed by atoms with Gasteiger partial charge in [0.15, 0.2) is 11.5 Å². The minimum atomic E-state index is -1.40. The van der Waals surface area contributed by atoms with Crippen molar-refractivity contribution in [2.75, 3.05) is 26.1 Å². The van der Waals surface area contributed by atoms with Crippen molar-refractivity contribution >= 4 is 47.9 Å². The molecule has 3 aromatic rings. The average Bonchev–Trinajstić information content (AvgIpc) is 3.94. The lowest BCUT2D eigenvalue weighted by atomic mass is 9.94. The number of amides is 3. The van der Waals surface area contributed by atoms with E-state index in [-0.39, 0.29) is 33.9 Å². The fourth-order valence-corrected chi connectivity index (χ4v) is 4.76. The van der Waals surface area contributed by atoms with Crippen molar-refractivity contribution in [1.29, 1.82) is 0 Å². The van der Waals surface area contributed by atoms with Crippen LogP contribution in [0.5, 0.6) is 5.75 Å². The van der Waals surface area contributed by atoms with Gasteiger partial charge in [-0.2, -0.15) is 0 Å². The summed E-state index contributed by atoms with van der Waals surface area (Å²) in [5.74, 6) is -1.26. The predicted octanol–water partition coefficient (Wildman–Crippen LogP) is 4.91. The second kappa shape index (κ2) is 17.4. The molecule has 51 heavy (non-hydrogen) atoms. The monoisotopic (exact) mass is 701 g/mol. The Kier molecular flexibility index (Phi) is 12.8. The molecule has 3 N–H and O–H groups in total. The van der Waals surface area contributed by atoms with E-state index in [0.29, 0.717) is 41.4 Å². The molecule has 268 valence electrons. The van der Waals surface area contributed by atoms with Gasteiger partial charge in [-0.15, -0.1) is 0 Å². The van der Waals surface area contributed by atoms with Crippen molar-refractivity contribution in [2.24, 2.45) is 11.1 Å². The molecule has 1 aliphatic rings. The van der Waals surface area contributed by atoms with Crippen LogP contribution < -0.4 is 20.7 Å². The molecular weight excluding hydrogens is 662 g/mol. The summed E-state index contributed by atoms with van der Waals surface area (Å²) in [4.78, 5) is 72.8. The van der Waals surface area contributed by atoms with Crippen molar-refractivity contribution in [2.45, 2.75) is 46.0 Å². The van der Waals surface area contributed by atoms with E-state index >= 15 is 0 Å². The fraction of sp³-hybridized carbons (Fsp3) is 0.306. The van der Waals surface area contributed by atoms with Gasteiger partial charge in [-0.25, -0.2) is 14.6 Å². The average molecular weight is 702 g/mol. The zero-order chi connectivity index (χ0) is 37.1. The summed E-state index contributed by atoms with van der Waals surface area (Å²) in [5, 5.41) is 11.8. The Morgan fingerprint density at radius 2 is 1.69 bits per heavy atom. The lowest BCUT2D eigenvalue weighted by Gasteiger charge is -2.18. The summed E-state index contributed by atoms with van der Waals surface area (Å²) in [6, 6.07) is 12.4. The van der Waals surface area contributed by atoms with Crippen LogP contribution in [0.4, 0.5) is 10.5 Å². The van der Waals surface area contributed by atoms with Gasteiger partial charge in [0.05, 0.1) is 13.2 Å². The van der Waals surface area contributed by atoms with Crippen LogP contribution in [-0.4, -0.2) is 74.3 Å². The van der Waals surface area contributed by atoms with E-state index in [1.807, 2.05) is 0 Å². The zero-order valence-electron chi connectivity index (χ0n) is 28.8. The summed E-state index contributed by atoms with van der Waals surface area (Å²) < 4.78 is 21.0. The molecule has 1 unspecified atom stereocenters. The van der Waals surface area contributed by atoms with E-state index in [1.54, 1.807) is 38.1 Å². The molecule has 15 heteroatoms. The van der Waals surface area contributed by atoms with E-state index in [2.05, 4.69) is 32.7 Å². The first-order chi connectivity index (χ1) is 24.5. The van der Waals surface area contributed by atoms with Crippen LogP contribution >= 0.6 is 0 Å². The summed E-state index contributed by atoms with van der Waals surface area (Å²) in [7, 11) is 2.77. The number of nitrogens with zero attached hydrogens (tertiary/aromatic N) is 2. The number of ether oxygens (including phenoxy) is 4. The number of carbonyl (C=O) groups excluding carboxylic acids is 5. The third-order valence-corrected chi connectivity index (χ3v) is 7.36. The number of nitrogens with one attached hydrogen (secondary N) is 3. The second-order valence-electron chi connectivity index (χ2n) is 11.5. The van der Waals surface area contributed by atoms with Crippen LogP contribution in [-0.2, 0) is 23.8 Å². The number of oxime groups is 1. The molecule has 1 aromatic heterocycles. The largest absolute Gasteiger partial charge is 0.511 e. The molecule has 0 radical (unpaired) electrons. The highest BCUT2D eigenvalue weighted by Gasteiger charge is 2.28. The molecule has 1 atom stereocenters. The van der Waals surface area contributed by atoms with Crippen molar-refractivity contribution in [3.05, 3.63) is 83.2 Å². The van der Waals surface area contributed by atoms with Gasteiger partial charge in [0.25, 0.3) is 11.8 Å². The van der Waals surface area contributed by atoms with Crippen molar-refractivity contribution in [3.8, 4) is 16.9 Å². The summed E-state index contributed by atoms with van der Waals surface area (Å²) in [6.45, 7) is 8.86. The van der Waals surface area contributed by atoms with Gasteiger partial charge in [0.1, 0.15) is 18.6 Å². The topological polar surface area (TPSA) is 193 Å². The number of carbonyl (C=O) groups is 5. The second-order valence-corrected chi connectivity index (χ2v) is 11.5. The van der Waals surface area contributed by atoms with Gasteiger partial charge in [0, 0.05) is 47.0 Å². The normalized spacial score (nSPS) is 12.9. The smallest absolute Gasteiger partial charge is 0.496 e. The van der Waals surface area contributed by atoms with Crippen molar-refractivity contribution < 1.29 is 47.8 Å². The molecule has 0 spiro atoms. The molecule has 1 fully saturated rings. The molecule has 0 bridgehead atoms. The maximum Gasteiger partial charge on any atom is 0.511 e. The molecule has 1 aliphatic carbocycles. The highest BCUT2D eigenvalue weighted by molar-refractivity contribution is 6.11. The van der Waals surface area contributed by atoms with Crippen LogP contribution in [0.15, 0.2) is 60.3 Å². The summed E-state index contributed by atoms with van der Waals surface area (Å²) in [5.41, 5.74) is 1.37. The molecule has 1 heterocycles. The third kappa shape index (κ3) is 10.1. The lowest BCUT2D eigenvalue weighted by Crippen LogP contribution is -2.28. The van der Waals surface area contributed by atoms with E-state index in [0.717, 1.165) is 12.8 Å². The van der Waals surface area contributed by atoms with E-state index in [9.17, 15) is 24.0 Å². The van der Waals surface area contributed by atoms with Gasteiger partial charge in [0.2, 0.25) is 12.7 Å².